The highest BCUT2D eigenvalue weighted by Gasteiger charge is 2.39. The Bertz CT molecular complexity index is 442. The Kier molecular flexibility index (Phi) is 5.30. The summed E-state index contributed by atoms with van der Waals surface area (Å²) in [5.41, 5.74) is -1.29. The molecular formula is C11H15F3N2O2S. The van der Waals surface area contributed by atoms with Crippen LogP contribution in [0.15, 0.2) is 0 Å². The SMILES string of the molecule is CCN(CC)CCc1nc(C(F)(F)F)c(C(=O)O)s1. The lowest BCUT2D eigenvalue weighted by molar-refractivity contribution is -0.141. The lowest BCUT2D eigenvalue weighted by Gasteiger charge is -2.16. The molecule has 0 aromatic carbocycles. The van der Waals surface area contributed by atoms with Crippen molar-refractivity contribution in [3.05, 3.63) is 15.6 Å². The molecule has 0 aliphatic heterocycles. The van der Waals surface area contributed by atoms with Crippen molar-refractivity contribution in [1.29, 1.82) is 0 Å². The second-order valence-corrected chi connectivity index (χ2v) is 4.95. The molecule has 1 aromatic rings. The van der Waals surface area contributed by atoms with Gasteiger partial charge in [0.05, 0.1) is 5.01 Å². The maximum Gasteiger partial charge on any atom is 0.435 e. The van der Waals surface area contributed by atoms with Crippen molar-refractivity contribution in [3.63, 3.8) is 0 Å². The molecule has 1 N–H and O–H groups in total. The summed E-state index contributed by atoms with van der Waals surface area (Å²) in [6.07, 6.45) is -4.40. The monoisotopic (exact) mass is 296 g/mol. The fraction of sp³-hybridized carbons (Fsp3) is 0.636. The minimum Gasteiger partial charge on any atom is -0.477 e. The molecular weight excluding hydrogens is 281 g/mol. The Hall–Kier alpha value is -1.15. The Morgan fingerprint density at radius 2 is 1.95 bits per heavy atom. The fourth-order valence-corrected chi connectivity index (χ4v) is 2.51. The molecule has 0 unspecified atom stereocenters. The van der Waals surface area contributed by atoms with E-state index in [0.717, 1.165) is 13.1 Å². The first-order chi connectivity index (χ1) is 8.79. The highest BCUT2D eigenvalue weighted by molar-refractivity contribution is 7.13. The van der Waals surface area contributed by atoms with E-state index in [-0.39, 0.29) is 5.01 Å². The van der Waals surface area contributed by atoms with Crippen LogP contribution in [0.2, 0.25) is 0 Å². The van der Waals surface area contributed by atoms with Gasteiger partial charge >= 0.3 is 12.1 Å². The zero-order valence-corrected chi connectivity index (χ0v) is 11.4. The zero-order chi connectivity index (χ0) is 14.6. The molecule has 0 fully saturated rings. The molecule has 1 rings (SSSR count). The second-order valence-electron chi connectivity index (χ2n) is 3.87. The first-order valence-electron chi connectivity index (χ1n) is 5.82. The first-order valence-corrected chi connectivity index (χ1v) is 6.63. The van der Waals surface area contributed by atoms with Crippen molar-refractivity contribution in [2.45, 2.75) is 26.4 Å². The normalized spacial score (nSPS) is 12.1. The molecule has 4 nitrogen and oxygen atoms in total. The highest BCUT2D eigenvalue weighted by Crippen LogP contribution is 2.34. The van der Waals surface area contributed by atoms with E-state index in [9.17, 15) is 18.0 Å². The van der Waals surface area contributed by atoms with Gasteiger partial charge in [-0.3, -0.25) is 0 Å². The summed E-state index contributed by atoms with van der Waals surface area (Å²) in [6.45, 7) is 6.06. The molecule has 8 heteroatoms. The minimum atomic E-state index is -4.72. The molecule has 1 aromatic heterocycles. The predicted molar refractivity (Wildman–Crippen MR) is 65.6 cm³/mol. The number of rotatable bonds is 6. The van der Waals surface area contributed by atoms with Crippen LogP contribution < -0.4 is 0 Å². The quantitative estimate of drug-likeness (QED) is 0.877. The van der Waals surface area contributed by atoms with E-state index in [4.69, 9.17) is 5.11 Å². The molecule has 0 radical (unpaired) electrons. The van der Waals surface area contributed by atoms with Gasteiger partial charge in [-0.15, -0.1) is 11.3 Å². The Morgan fingerprint density at radius 3 is 2.32 bits per heavy atom. The third-order valence-corrected chi connectivity index (χ3v) is 3.77. The number of halogens is 3. The fourth-order valence-electron chi connectivity index (χ4n) is 1.60. The topological polar surface area (TPSA) is 53.4 Å². The lowest BCUT2D eigenvalue weighted by Crippen LogP contribution is -2.25. The van der Waals surface area contributed by atoms with Crippen LogP contribution in [-0.2, 0) is 12.6 Å². The molecule has 0 saturated carbocycles. The standard InChI is InChI=1S/C11H15F3N2O2S/c1-3-16(4-2)6-5-7-15-9(11(12,13)14)8(19-7)10(17)18/h3-6H2,1-2H3,(H,17,18). The van der Waals surface area contributed by atoms with E-state index in [1.165, 1.54) is 0 Å². The predicted octanol–water partition coefficient (Wildman–Crippen LogP) is 2.74. The summed E-state index contributed by atoms with van der Waals surface area (Å²) in [5, 5.41) is 8.98. The number of hydrogen-bond donors (Lipinski definition) is 1. The summed E-state index contributed by atoms with van der Waals surface area (Å²) in [4.78, 5) is 15.5. The average molecular weight is 296 g/mol. The van der Waals surface area contributed by atoms with Gasteiger partial charge in [0.1, 0.15) is 4.88 Å². The van der Waals surface area contributed by atoms with Crippen LogP contribution in [0.1, 0.15) is 34.2 Å². The van der Waals surface area contributed by atoms with Crippen LogP contribution in [0.3, 0.4) is 0 Å². The number of alkyl halides is 3. The number of aromatic nitrogens is 1. The molecule has 0 atom stereocenters. The Labute approximate surface area is 112 Å². The largest absolute Gasteiger partial charge is 0.477 e. The summed E-state index contributed by atoms with van der Waals surface area (Å²) in [6, 6.07) is 0. The van der Waals surface area contributed by atoms with E-state index >= 15 is 0 Å². The smallest absolute Gasteiger partial charge is 0.435 e. The van der Waals surface area contributed by atoms with Crippen molar-refractivity contribution in [3.8, 4) is 0 Å². The van der Waals surface area contributed by atoms with Gasteiger partial charge in [-0.05, 0) is 13.1 Å². The number of carboxylic acids is 1. The van der Waals surface area contributed by atoms with Crippen LogP contribution in [0.4, 0.5) is 13.2 Å². The lowest BCUT2D eigenvalue weighted by atomic mass is 10.3. The number of nitrogens with zero attached hydrogens (tertiary/aromatic N) is 2. The minimum absolute atomic E-state index is 0.205. The van der Waals surface area contributed by atoms with Crippen molar-refractivity contribution in [2.75, 3.05) is 19.6 Å². The summed E-state index contributed by atoms with van der Waals surface area (Å²) >= 11 is 0.600. The van der Waals surface area contributed by atoms with Crippen LogP contribution >= 0.6 is 11.3 Å². The number of carbonyl (C=O) groups is 1. The molecule has 108 valence electrons. The van der Waals surface area contributed by atoms with E-state index in [1.54, 1.807) is 0 Å². The molecule has 0 aliphatic rings. The molecule has 0 saturated heterocycles. The molecule has 0 spiro atoms. The number of carboxylic acid groups (broad SMARTS) is 1. The van der Waals surface area contributed by atoms with Gasteiger partial charge in [0.2, 0.25) is 0 Å². The molecule has 0 amide bonds. The molecule has 1 heterocycles. The number of thiazole rings is 1. The number of aromatic carboxylic acids is 1. The maximum absolute atomic E-state index is 12.6. The highest BCUT2D eigenvalue weighted by atomic mass is 32.1. The van der Waals surface area contributed by atoms with Crippen LogP contribution in [-0.4, -0.2) is 40.6 Å². The zero-order valence-electron chi connectivity index (χ0n) is 10.6. The van der Waals surface area contributed by atoms with Crippen LogP contribution in [0.5, 0.6) is 0 Å². The third-order valence-electron chi connectivity index (χ3n) is 2.67. The van der Waals surface area contributed by atoms with Gasteiger partial charge in [-0.1, -0.05) is 13.8 Å². The van der Waals surface area contributed by atoms with Gasteiger partial charge in [-0.25, -0.2) is 9.78 Å². The van der Waals surface area contributed by atoms with Gasteiger partial charge in [-0.2, -0.15) is 13.2 Å². The molecule has 0 bridgehead atoms. The van der Waals surface area contributed by atoms with Gasteiger partial charge in [0.25, 0.3) is 0 Å². The van der Waals surface area contributed by atoms with Crippen molar-refractivity contribution < 1.29 is 23.1 Å². The van der Waals surface area contributed by atoms with E-state index in [0.29, 0.717) is 24.3 Å². The van der Waals surface area contributed by atoms with Gasteiger partial charge in [0.15, 0.2) is 5.69 Å². The van der Waals surface area contributed by atoms with Gasteiger partial charge in [0, 0.05) is 13.0 Å². The average Bonchev–Trinajstić information content (AvgIpc) is 2.74. The Balaban J connectivity index is 2.90. The number of hydrogen-bond acceptors (Lipinski definition) is 4. The maximum atomic E-state index is 12.6. The second kappa shape index (κ2) is 6.33. The first kappa shape index (κ1) is 15.9. The van der Waals surface area contributed by atoms with Crippen molar-refractivity contribution >= 4 is 17.3 Å². The van der Waals surface area contributed by atoms with Gasteiger partial charge < -0.3 is 10.0 Å². The van der Waals surface area contributed by atoms with Crippen LogP contribution in [0.25, 0.3) is 0 Å². The van der Waals surface area contributed by atoms with E-state index < -0.39 is 22.7 Å². The summed E-state index contributed by atoms with van der Waals surface area (Å²) < 4.78 is 37.9. The van der Waals surface area contributed by atoms with Crippen molar-refractivity contribution in [2.24, 2.45) is 0 Å². The summed E-state index contributed by atoms with van der Waals surface area (Å²) in [5.74, 6) is -1.58. The molecule has 0 aliphatic carbocycles. The molecule has 19 heavy (non-hydrogen) atoms. The van der Waals surface area contributed by atoms with E-state index in [2.05, 4.69) is 4.98 Å². The van der Waals surface area contributed by atoms with E-state index in [1.807, 2.05) is 18.7 Å². The van der Waals surface area contributed by atoms with Crippen molar-refractivity contribution in [1.82, 2.24) is 9.88 Å². The van der Waals surface area contributed by atoms with Crippen LogP contribution in [0, 0.1) is 0 Å². The third kappa shape index (κ3) is 4.17. The summed E-state index contributed by atoms with van der Waals surface area (Å²) in [7, 11) is 0. The number of likely N-dealkylation sites (N-methyl/N-ethyl adjacent to an activating group) is 1. The Morgan fingerprint density at radius 1 is 1.37 bits per heavy atom.